The number of anilines is 1. The third-order valence-corrected chi connectivity index (χ3v) is 2.34. The fraction of sp³-hybridized carbons (Fsp3) is 0.0714. The van der Waals surface area contributed by atoms with Gasteiger partial charge in [-0.3, -0.25) is 4.79 Å². The van der Waals surface area contributed by atoms with Crippen molar-refractivity contribution in [3.63, 3.8) is 0 Å². The van der Waals surface area contributed by atoms with Gasteiger partial charge in [-0.15, -0.1) is 0 Å². The van der Waals surface area contributed by atoms with E-state index in [4.69, 9.17) is 0 Å². The van der Waals surface area contributed by atoms with Crippen LogP contribution in [0.4, 0.5) is 5.82 Å². The summed E-state index contributed by atoms with van der Waals surface area (Å²) in [6, 6.07) is 9.53. The fourth-order valence-corrected chi connectivity index (χ4v) is 1.46. The van der Waals surface area contributed by atoms with E-state index < -0.39 is 0 Å². The number of rotatable bonds is 2. The maximum absolute atomic E-state index is 11.0. The van der Waals surface area contributed by atoms with E-state index in [2.05, 4.69) is 27.1 Å². The van der Waals surface area contributed by atoms with E-state index in [9.17, 15) is 4.79 Å². The lowest BCUT2D eigenvalue weighted by atomic mass is 10.2. The van der Waals surface area contributed by atoms with E-state index in [0.29, 0.717) is 23.4 Å². The Morgan fingerprint density at radius 3 is 2.61 bits per heavy atom. The van der Waals surface area contributed by atoms with E-state index in [1.165, 1.54) is 6.33 Å². The van der Waals surface area contributed by atoms with Crippen LogP contribution < -0.4 is 5.32 Å². The molecule has 0 radical (unpaired) electrons. The molecule has 0 saturated carbocycles. The normalized spacial score (nSPS) is 9.17. The van der Waals surface area contributed by atoms with E-state index in [0.717, 1.165) is 5.56 Å². The fourth-order valence-electron chi connectivity index (χ4n) is 1.46. The van der Waals surface area contributed by atoms with Crippen LogP contribution in [-0.4, -0.2) is 23.3 Å². The minimum atomic E-state index is 0.378. The van der Waals surface area contributed by atoms with Crippen molar-refractivity contribution in [2.45, 2.75) is 0 Å². The summed E-state index contributed by atoms with van der Waals surface area (Å²) in [5, 5.41) is 2.83. The highest BCUT2D eigenvalue weighted by molar-refractivity contribution is 5.85. The second-order valence-corrected chi connectivity index (χ2v) is 3.47. The summed E-state index contributed by atoms with van der Waals surface area (Å²) in [6.07, 6.45) is 2.09. The Balaban J connectivity index is 2.41. The van der Waals surface area contributed by atoms with E-state index in [1.807, 2.05) is 30.3 Å². The van der Waals surface area contributed by atoms with Gasteiger partial charge in [0.25, 0.3) is 0 Å². The van der Waals surface area contributed by atoms with Gasteiger partial charge in [0, 0.05) is 12.6 Å². The maximum atomic E-state index is 11.0. The largest absolute Gasteiger partial charge is 0.372 e. The van der Waals surface area contributed by atoms with Crippen LogP contribution in [0.15, 0.2) is 36.7 Å². The van der Waals surface area contributed by atoms with Crippen LogP contribution in [0, 0.1) is 11.8 Å². The first-order valence-corrected chi connectivity index (χ1v) is 5.40. The molecule has 0 spiro atoms. The molecule has 1 aromatic carbocycles. The van der Waals surface area contributed by atoms with E-state index in [-0.39, 0.29) is 0 Å². The molecule has 4 nitrogen and oxygen atoms in total. The second kappa shape index (κ2) is 5.60. The van der Waals surface area contributed by atoms with Crippen molar-refractivity contribution in [1.29, 1.82) is 0 Å². The quantitative estimate of drug-likeness (QED) is 0.638. The van der Waals surface area contributed by atoms with E-state index in [1.54, 1.807) is 7.05 Å². The summed E-state index contributed by atoms with van der Waals surface area (Å²) in [5.41, 5.74) is 1.68. The zero-order valence-electron chi connectivity index (χ0n) is 9.84. The van der Waals surface area contributed by atoms with Gasteiger partial charge in [0.1, 0.15) is 17.8 Å². The van der Waals surface area contributed by atoms with Gasteiger partial charge >= 0.3 is 0 Å². The summed E-state index contributed by atoms with van der Waals surface area (Å²) >= 11 is 0. The molecular weight excluding hydrogens is 226 g/mol. The molecule has 0 saturated heterocycles. The molecule has 88 valence electrons. The van der Waals surface area contributed by atoms with Crippen molar-refractivity contribution >= 4 is 12.1 Å². The topological polar surface area (TPSA) is 54.9 Å². The number of aromatic nitrogens is 2. The number of nitrogens with one attached hydrogen (secondary N) is 1. The first-order valence-electron chi connectivity index (χ1n) is 5.40. The second-order valence-electron chi connectivity index (χ2n) is 3.47. The van der Waals surface area contributed by atoms with Gasteiger partial charge in [0.2, 0.25) is 0 Å². The summed E-state index contributed by atoms with van der Waals surface area (Å²) in [7, 11) is 1.70. The third-order valence-electron chi connectivity index (χ3n) is 2.34. The lowest BCUT2D eigenvalue weighted by Gasteiger charge is -2.02. The number of benzene rings is 1. The minimum Gasteiger partial charge on any atom is -0.372 e. The molecule has 4 heteroatoms. The van der Waals surface area contributed by atoms with Gasteiger partial charge in [-0.1, -0.05) is 24.1 Å². The third kappa shape index (κ3) is 2.53. The maximum Gasteiger partial charge on any atom is 0.156 e. The van der Waals surface area contributed by atoms with Crippen LogP contribution >= 0.6 is 0 Å². The highest BCUT2D eigenvalue weighted by atomic mass is 16.1. The van der Waals surface area contributed by atoms with Crippen LogP contribution in [0.5, 0.6) is 0 Å². The molecular formula is C14H11N3O. The standard InChI is InChI=1S/C14H11N3O/c1-15-14-12(9-18)13(16-10-17-14)8-7-11-5-3-2-4-6-11/h2-6,9-10H,1H3,(H,15,16,17). The van der Waals surface area contributed by atoms with E-state index >= 15 is 0 Å². The highest BCUT2D eigenvalue weighted by Crippen LogP contribution is 2.11. The molecule has 1 heterocycles. The Bertz CT molecular complexity index is 612. The summed E-state index contributed by atoms with van der Waals surface area (Å²) < 4.78 is 0. The number of carbonyl (C=O) groups is 1. The number of hydrogen-bond acceptors (Lipinski definition) is 4. The predicted molar refractivity (Wildman–Crippen MR) is 69.4 cm³/mol. The lowest BCUT2D eigenvalue weighted by molar-refractivity contribution is 0.112. The molecule has 0 aliphatic heterocycles. The number of nitrogens with zero attached hydrogens (tertiary/aromatic N) is 2. The molecule has 1 aromatic heterocycles. The number of aldehydes is 1. The molecule has 0 aliphatic rings. The molecule has 18 heavy (non-hydrogen) atoms. The Morgan fingerprint density at radius 1 is 1.17 bits per heavy atom. The van der Waals surface area contributed by atoms with Gasteiger partial charge in [0.05, 0.1) is 5.56 Å². The zero-order valence-corrected chi connectivity index (χ0v) is 9.84. The minimum absolute atomic E-state index is 0.378. The van der Waals surface area contributed by atoms with Crippen LogP contribution in [0.1, 0.15) is 21.6 Å². The van der Waals surface area contributed by atoms with Gasteiger partial charge in [-0.2, -0.15) is 0 Å². The van der Waals surface area contributed by atoms with Gasteiger partial charge in [0.15, 0.2) is 6.29 Å². The molecule has 0 bridgehead atoms. The van der Waals surface area contributed by atoms with Crippen LogP contribution in [0.25, 0.3) is 0 Å². The number of hydrogen-bond donors (Lipinski definition) is 1. The Labute approximate surface area is 105 Å². The van der Waals surface area contributed by atoms with Crippen molar-refractivity contribution in [2.24, 2.45) is 0 Å². The molecule has 0 unspecified atom stereocenters. The smallest absolute Gasteiger partial charge is 0.156 e. The lowest BCUT2D eigenvalue weighted by Crippen LogP contribution is -2.02. The predicted octanol–water partition coefficient (Wildman–Crippen LogP) is 1.73. The van der Waals surface area contributed by atoms with Crippen molar-refractivity contribution in [1.82, 2.24) is 9.97 Å². The van der Waals surface area contributed by atoms with Crippen LogP contribution in [-0.2, 0) is 0 Å². The molecule has 0 fully saturated rings. The molecule has 2 aromatic rings. The summed E-state index contributed by atoms with van der Waals surface area (Å²) in [5.74, 6) is 6.33. The van der Waals surface area contributed by atoms with Crippen LogP contribution in [0.2, 0.25) is 0 Å². The monoisotopic (exact) mass is 237 g/mol. The van der Waals surface area contributed by atoms with Gasteiger partial charge in [-0.25, -0.2) is 9.97 Å². The average Bonchev–Trinajstić information content (AvgIpc) is 2.45. The van der Waals surface area contributed by atoms with Crippen molar-refractivity contribution in [2.75, 3.05) is 12.4 Å². The summed E-state index contributed by atoms with van der Waals surface area (Å²) in [4.78, 5) is 19.0. The first-order chi connectivity index (χ1) is 8.85. The van der Waals surface area contributed by atoms with Crippen molar-refractivity contribution in [3.8, 4) is 11.8 Å². The molecule has 0 amide bonds. The summed E-state index contributed by atoms with van der Waals surface area (Å²) in [6.45, 7) is 0. The molecule has 0 aliphatic carbocycles. The Hall–Kier alpha value is -2.67. The molecule has 0 atom stereocenters. The highest BCUT2D eigenvalue weighted by Gasteiger charge is 2.06. The molecule has 2 rings (SSSR count). The number of carbonyl (C=O) groups excluding carboxylic acids is 1. The van der Waals surface area contributed by atoms with Crippen molar-refractivity contribution < 1.29 is 4.79 Å². The average molecular weight is 237 g/mol. The molecule has 1 N–H and O–H groups in total. The SMILES string of the molecule is CNc1ncnc(C#Cc2ccccc2)c1C=O. The first kappa shape index (κ1) is 11.8. The van der Waals surface area contributed by atoms with Crippen molar-refractivity contribution in [3.05, 3.63) is 53.5 Å². The Morgan fingerprint density at radius 2 is 1.94 bits per heavy atom. The zero-order chi connectivity index (χ0) is 12.8. The van der Waals surface area contributed by atoms with Crippen LogP contribution in [0.3, 0.4) is 0 Å². The Kier molecular flexibility index (Phi) is 3.67. The van der Waals surface area contributed by atoms with Gasteiger partial charge < -0.3 is 5.32 Å². The van der Waals surface area contributed by atoms with Gasteiger partial charge in [-0.05, 0) is 18.1 Å².